The van der Waals surface area contributed by atoms with Crippen molar-refractivity contribution in [3.05, 3.63) is 59.4 Å². The Hall–Kier alpha value is -2.83. The van der Waals surface area contributed by atoms with Crippen molar-refractivity contribution in [1.82, 2.24) is 10.2 Å². The highest BCUT2D eigenvalue weighted by molar-refractivity contribution is 6.07. The molecule has 0 radical (unpaired) electrons. The third-order valence-corrected chi connectivity index (χ3v) is 2.98. The van der Waals surface area contributed by atoms with Crippen molar-refractivity contribution < 1.29 is 18.0 Å². The molecule has 2 aromatic carbocycles. The first-order valence-electron chi connectivity index (χ1n) is 5.96. The Morgan fingerprint density at radius 2 is 1.81 bits per heavy atom. The number of anilines is 1. The van der Waals surface area contributed by atoms with Crippen LogP contribution in [0.2, 0.25) is 0 Å². The van der Waals surface area contributed by atoms with Gasteiger partial charge in [0.05, 0.1) is 11.1 Å². The molecule has 0 fully saturated rings. The van der Waals surface area contributed by atoms with Crippen molar-refractivity contribution in [2.24, 2.45) is 0 Å². The highest BCUT2D eigenvalue weighted by Gasteiger charge is 2.20. The van der Waals surface area contributed by atoms with Crippen LogP contribution in [0.5, 0.6) is 0 Å². The molecule has 1 amide bonds. The predicted octanol–water partition coefficient (Wildman–Crippen LogP) is 3.23. The molecule has 0 saturated heterocycles. The van der Waals surface area contributed by atoms with Crippen LogP contribution in [0.15, 0.2) is 36.4 Å². The van der Waals surface area contributed by atoms with Crippen LogP contribution in [-0.4, -0.2) is 16.1 Å². The molecule has 0 bridgehead atoms. The number of carbonyl (C=O) groups excluding carboxylic acids is 1. The van der Waals surface area contributed by atoms with Gasteiger partial charge in [-0.2, -0.15) is 5.10 Å². The summed E-state index contributed by atoms with van der Waals surface area (Å²) in [7, 11) is 0. The zero-order valence-corrected chi connectivity index (χ0v) is 10.5. The number of nitrogens with one attached hydrogen (secondary N) is 2. The highest BCUT2D eigenvalue weighted by Crippen LogP contribution is 2.21. The van der Waals surface area contributed by atoms with E-state index in [-0.39, 0.29) is 5.82 Å². The Bertz CT molecular complexity index is 845. The van der Waals surface area contributed by atoms with E-state index in [2.05, 4.69) is 15.5 Å². The van der Waals surface area contributed by atoms with E-state index in [9.17, 15) is 18.0 Å². The van der Waals surface area contributed by atoms with Gasteiger partial charge in [-0.05, 0) is 24.3 Å². The number of nitrogens with zero attached hydrogens (tertiary/aromatic N) is 1. The van der Waals surface area contributed by atoms with Crippen LogP contribution in [0.3, 0.4) is 0 Å². The zero-order valence-electron chi connectivity index (χ0n) is 10.5. The van der Waals surface area contributed by atoms with Gasteiger partial charge in [0.2, 0.25) is 0 Å². The second-order valence-electron chi connectivity index (χ2n) is 4.29. The number of hydrogen-bond donors (Lipinski definition) is 2. The lowest BCUT2D eigenvalue weighted by Gasteiger charge is -2.05. The number of aromatic amines is 1. The van der Waals surface area contributed by atoms with Crippen molar-refractivity contribution in [3.8, 4) is 0 Å². The number of fused-ring (bicyclic) bond motifs is 1. The van der Waals surface area contributed by atoms with E-state index in [1.807, 2.05) is 0 Å². The fraction of sp³-hybridized carbons (Fsp3) is 0. The molecular formula is C14H8F3N3O. The van der Waals surface area contributed by atoms with E-state index >= 15 is 0 Å². The molecule has 106 valence electrons. The van der Waals surface area contributed by atoms with Crippen LogP contribution >= 0.6 is 0 Å². The van der Waals surface area contributed by atoms with E-state index < -0.39 is 28.9 Å². The number of halogens is 3. The largest absolute Gasteiger partial charge is 0.304 e. The number of H-pyrrole nitrogens is 1. The Morgan fingerprint density at radius 3 is 2.62 bits per heavy atom. The van der Waals surface area contributed by atoms with Crippen LogP contribution < -0.4 is 5.32 Å². The van der Waals surface area contributed by atoms with Gasteiger partial charge in [0, 0.05) is 5.39 Å². The van der Waals surface area contributed by atoms with E-state index in [1.165, 1.54) is 0 Å². The van der Waals surface area contributed by atoms with Crippen molar-refractivity contribution in [3.63, 3.8) is 0 Å². The van der Waals surface area contributed by atoms with Gasteiger partial charge < -0.3 is 5.32 Å². The maximum Gasteiger partial charge on any atom is 0.259 e. The average molecular weight is 291 g/mol. The molecule has 0 atom stereocenters. The summed E-state index contributed by atoms with van der Waals surface area (Å²) >= 11 is 0. The lowest BCUT2D eigenvalue weighted by molar-refractivity contribution is 0.102. The fourth-order valence-corrected chi connectivity index (χ4v) is 1.93. The Balaban J connectivity index is 1.95. The summed E-state index contributed by atoms with van der Waals surface area (Å²) in [6.45, 7) is 0. The van der Waals surface area contributed by atoms with Gasteiger partial charge in [0.25, 0.3) is 5.91 Å². The Morgan fingerprint density at radius 1 is 1.05 bits per heavy atom. The summed E-state index contributed by atoms with van der Waals surface area (Å²) in [6.07, 6.45) is 0. The number of hydrogen-bond acceptors (Lipinski definition) is 2. The van der Waals surface area contributed by atoms with E-state index in [4.69, 9.17) is 0 Å². The smallest absolute Gasteiger partial charge is 0.259 e. The monoisotopic (exact) mass is 291 g/mol. The number of carbonyl (C=O) groups is 1. The van der Waals surface area contributed by atoms with Crippen molar-refractivity contribution in [2.75, 3.05) is 5.32 Å². The number of aromatic nitrogens is 2. The Kier molecular flexibility index (Phi) is 3.09. The molecule has 2 N–H and O–H groups in total. The molecule has 1 heterocycles. The van der Waals surface area contributed by atoms with E-state index in [1.54, 1.807) is 24.3 Å². The minimum Gasteiger partial charge on any atom is -0.304 e. The summed E-state index contributed by atoms with van der Waals surface area (Å²) < 4.78 is 39.5. The van der Waals surface area contributed by atoms with Crippen LogP contribution in [0.1, 0.15) is 10.4 Å². The molecule has 21 heavy (non-hydrogen) atoms. The summed E-state index contributed by atoms with van der Waals surface area (Å²) in [5, 5.41) is 9.55. The lowest BCUT2D eigenvalue weighted by atomic mass is 10.2. The average Bonchev–Trinajstić information content (AvgIpc) is 2.88. The first-order valence-corrected chi connectivity index (χ1v) is 5.96. The molecule has 3 aromatic rings. The van der Waals surface area contributed by atoms with Crippen molar-refractivity contribution in [2.45, 2.75) is 0 Å². The summed E-state index contributed by atoms with van der Waals surface area (Å²) in [6, 6.07) is 8.53. The molecule has 0 aliphatic heterocycles. The van der Waals surface area contributed by atoms with E-state index in [0.29, 0.717) is 17.0 Å². The standard InChI is InChI=1S/C14H8F3N3O/c15-9-6-5-8(11(16)12(9)17)14(21)18-13-7-3-1-2-4-10(7)19-20-13/h1-6H,(H2,18,19,20,21). The minimum atomic E-state index is -1.69. The van der Waals surface area contributed by atoms with Gasteiger partial charge in [0.15, 0.2) is 23.3 Å². The maximum atomic E-state index is 13.6. The molecule has 0 saturated carbocycles. The predicted molar refractivity (Wildman–Crippen MR) is 70.4 cm³/mol. The normalized spacial score (nSPS) is 10.8. The summed E-state index contributed by atoms with van der Waals surface area (Å²) in [5.74, 6) is -5.31. The molecule has 7 heteroatoms. The van der Waals surface area contributed by atoms with Crippen LogP contribution in [-0.2, 0) is 0 Å². The second-order valence-corrected chi connectivity index (χ2v) is 4.29. The van der Waals surface area contributed by atoms with Crippen molar-refractivity contribution >= 4 is 22.6 Å². The highest BCUT2D eigenvalue weighted by atomic mass is 19.2. The van der Waals surface area contributed by atoms with Crippen LogP contribution in [0, 0.1) is 17.5 Å². The van der Waals surface area contributed by atoms with Crippen LogP contribution in [0.25, 0.3) is 10.9 Å². The fourth-order valence-electron chi connectivity index (χ4n) is 1.93. The summed E-state index contributed by atoms with van der Waals surface area (Å²) in [4.78, 5) is 11.9. The molecule has 0 spiro atoms. The van der Waals surface area contributed by atoms with Gasteiger partial charge in [-0.3, -0.25) is 9.89 Å². The second kappa shape index (κ2) is 4.93. The van der Waals surface area contributed by atoms with Gasteiger partial charge in [-0.25, -0.2) is 13.2 Å². The SMILES string of the molecule is O=C(Nc1n[nH]c2ccccc12)c1ccc(F)c(F)c1F. The number of benzene rings is 2. The zero-order chi connectivity index (χ0) is 15.0. The molecular weight excluding hydrogens is 283 g/mol. The van der Waals surface area contributed by atoms with Crippen molar-refractivity contribution in [1.29, 1.82) is 0 Å². The molecule has 3 rings (SSSR count). The van der Waals surface area contributed by atoms with Gasteiger partial charge in [-0.1, -0.05) is 12.1 Å². The minimum absolute atomic E-state index is 0.180. The number of para-hydroxylation sites is 1. The third kappa shape index (κ3) is 2.22. The molecule has 0 unspecified atom stereocenters. The van der Waals surface area contributed by atoms with E-state index in [0.717, 1.165) is 6.07 Å². The topological polar surface area (TPSA) is 57.8 Å². The van der Waals surface area contributed by atoms with Gasteiger partial charge in [0.1, 0.15) is 0 Å². The first kappa shape index (κ1) is 13.2. The maximum absolute atomic E-state index is 13.6. The van der Waals surface area contributed by atoms with Gasteiger partial charge in [-0.15, -0.1) is 0 Å². The molecule has 1 aromatic heterocycles. The number of rotatable bonds is 2. The quantitative estimate of drug-likeness (QED) is 0.712. The van der Waals surface area contributed by atoms with Gasteiger partial charge >= 0.3 is 0 Å². The summed E-state index contributed by atoms with van der Waals surface area (Å²) in [5.41, 5.74) is 0.0829. The molecule has 4 nitrogen and oxygen atoms in total. The third-order valence-electron chi connectivity index (χ3n) is 2.98. The first-order chi connectivity index (χ1) is 10.1. The Labute approximate surface area is 116 Å². The molecule has 0 aliphatic carbocycles. The number of amides is 1. The van der Waals surface area contributed by atoms with Crippen LogP contribution in [0.4, 0.5) is 19.0 Å². The molecule has 0 aliphatic rings. The lowest BCUT2D eigenvalue weighted by Crippen LogP contribution is -2.15.